The average molecular weight is 376 g/mol. The smallest absolute Gasteiger partial charge is 0.328 e. The summed E-state index contributed by atoms with van der Waals surface area (Å²) < 4.78 is 1.96. The number of rotatable bonds is 4. The van der Waals surface area contributed by atoms with Gasteiger partial charge in [0.15, 0.2) is 0 Å². The molecule has 1 atom stereocenters. The Morgan fingerprint density at radius 3 is 2.54 bits per heavy atom. The Kier molecular flexibility index (Phi) is 6.39. The van der Waals surface area contributed by atoms with Crippen LogP contribution in [0.2, 0.25) is 0 Å². The van der Waals surface area contributed by atoms with Gasteiger partial charge < -0.3 is 10.2 Å². The molecule has 1 aliphatic rings. The summed E-state index contributed by atoms with van der Waals surface area (Å²) in [5, 5.41) is 20.9. The second-order valence-corrected chi connectivity index (χ2v) is 6.32. The van der Waals surface area contributed by atoms with E-state index >= 15 is 0 Å². The fourth-order valence-corrected chi connectivity index (χ4v) is 3.15. The van der Waals surface area contributed by atoms with E-state index in [9.17, 15) is 14.4 Å². The number of aromatic nitrogens is 2. The molecule has 0 aromatic carbocycles. The van der Waals surface area contributed by atoms with Crippen LogP contribution in [0.25, 0.3) is 5.00 Å². The van der Waals surface area contributed by atoms with Gasteiger partial charge in [0.05, 0.1) is 16.9 Å². The number of nitrogens with one attached hydrogen (secondary N) is 1. The third-order valence-electron chi connectivity index (χ3n) is 3.23. The van der Waals surface area contributed by atoms with E-state index in [0.29, 0.717) is 18.6 Å². The number of carboxylic acid groups (broad SMARTS) is 2. The van der Waals surface area contributed by atoms with Crippen LogP contribution in [0.3, 0.4) is 0 Å². The van der Waals surface area contributed by atoms with Crippen molar-refractivity contribution in [1.29, 1.82) is 0 Å². The van der Waals surface area contributed by atoms with Crippen molar-refractivity contribution in [3.8, 4) is 5.00 Å². The number of carbonyl (C=O) groups is 3. The van der Waals surface area contributed by atoms with Crippen LogP contribution in [0.1, 0.15) is 18.2 Å². The van der Waals surface area contributed by atoms with Crippen molar-refractivity contribution in [2.24, 2.45) is 11.0 Å². The summed E-state index contributed by atoms with van der Waals surface area (Å²) in [6.45, 7) is 2.02. The lowest BCUT2D eigenvalue weighted by Crippen LogP contribution is -2.31. The number of nitrogens with zero attached hydrogens (tertiary/aromatic N) is 3. The molecular formula is C16H16N4O5S. The first kappa shape index (κ1) is 19.1. The highest BCUT2D eigenvalue weighted by Crippen LogP contribution is 2.25. The molecule has 2 aromatic rings. The minimum Gasteiger partial charge on any atom is -0.478 e. The SMILES string of the molecule is CC1CC(=O)NN=C1c1ccc(-n2ccnc2)s1.O=C(O)/C=C/C(=O)O. The van der Waals surface area contributed by atoms with E-state index in [1.807, 2.05) is 29.8 Å². The van der Waals surface area contributed by atoms with Crippen molar-refractivity contribution >= 4 is 34.9 Å². The second-order valence-electron chi connectivity index (χ2n) is 5.25. The van der Waals surface area contributed by atoms with Gasteiger partial charge in [-0.2, -0.15) is 5.10 Å². The Labute approximate surface area is 152 Å². The summed E-state index contributed by atoms with van der Waals surface area (Å²) in [5.41, 5.74) is 3.49. The molecule has 3 N–H and O–H groups in total. The first-order valence-corrected chi connectivity index (χ1v) is 8.27. The molecule has 0 saturated heterocycles. The van der Waals surface area contributed by atoms with Crippen LogP contribution in [0.15, 0.2) is 48.1 Å². The number of imidazole rings is 1. The molecule has 1 unspecified atom stereocenters. The maximum atomic E-state index is 11.2. The molecule has 26 heavy (non-hydrogen) atoms. The van der Waals surface area contributed by atoms with Crippen LogP contribution in [-0.2, 0) is 14.4 Å². The number of hydrogen-bond acceptors (Lipinski definition) is 6. The molecule has 0 saturated carbocycles. The van der Waals surface area contributed by atoms with Crippen molar-refractivity contribution in [3.63, 3.8) is 0 Å². The van der Waals surface area contributed by atoms with E-state index in [2.05, 4.69) is 15.5 Å². The Morgan fingerprint density at radius 1 is 1.31 bits per heavy atom. The van der Waals surface area contributed by atoms with Crippen LogP contribution >= 0.6 is 11.3 Å². The molecule has 0 fully saturated rings. The zero-order valence-corrected chi connectivity index (χ0v) is 14.5. The van der Waals surface area contributed by atoms with Gasteiger partial charge in [0.1, 0.15) is 5.00 Å². The van der Waals surface area contributed by atoms with Gasteiger partial charge in [-0.25, -0.2) is 20.0 Å². The Bertz CT molecular complexity index is 838. The maximum Gasteiger partial charge on any atom is 0.328 e. The molecule has 3 heterocycles. The van der Waals surface area contributed by atoms with Gasteiger partial charge in [0.2, 0.25) is 5.91 Å². The van der Waals surface area contributed by atoms with Crippen molar-refractivity contribution in [3.05, 3.63) is 47.9 Å². The first-order chi connectivity index (χ1) is 12.4. The Balaban J connectivity index is 0.000000260. The summed E-state index contributed by atoms with van der Waals surface area (Å²) in [6.07, 6.45) is 7.04. The Hall–Kier alpha value is -3.27. The minimum absolute atomic E-state index is 0.0161. The molecule has 0 bridgehead atoms. The highest BCUT2D eigenvalue weighted by atomic mass is 32.1. The molecule has 0 spiro atoms. The second kappa shape index (κ2) is 8.72. The fourth-order valence-electron chi connectivity index (χ4n) is 2.09. The molecule has 9 nitrogen and oxygen atoms in total. The van der Waals surface area contributed by atoms with Gasteiger partial charge in [0.25, 0.3) is 0 Å². The van der Waals surface area contributed by atoms with E-state index in [-0.39, 0.29) is 11.8 Å². The average Bonchev–Trinajstić information content (AvgIpc) is 3.24. The molecule has 0 radical (unpaired) electrons. The zero-order valence-electron chi connectivity index (χ0n) is 13.7. The predicted molar refractivity (Wildman–Crippen MR) is 94.3 cm³/mol. The number of aliphatic carboxylic acids is 2. The molecule has 2 aromatic heterocycles. The normalized spacial score (nSPS) is 16.4. The van der Waals surface area contributed by atoms with Crippen molar-refractivity contribution in [1.82, 2.24) is 15.0 Å². The van der Waals surface area contributed by atoms with Gasteiger partial charge in [-0.3, -0.25) is 9.36 Å². The van der Waals surface area contributed by atoms with Gasteiger partial charge in [-0.1, -0.05) is 6.92 Å². The van der Waals surface area contributed by atoms with Crippen molar-refractivity contribution in [2.75, 3.05) is 0 Å². The summed E-state index contributed by atoms with van der Waals surface area (Å²) in [5.74, 6) is -2.37. The number of hydrazone groups is 1. The molecule has 10 heteroatoms. The summed E-state index contributed by atoms with van der Waals surface area (Å²) in [4.78, 5) is 35.4. The van der Waals surface area contributed by atoms with E-state index in [0.717, 1.165) is 15.6 Å². The minimum atomic E-state index is -1.26. The number of carboxylic acids is 2. The standard InChI is InChI=1S/C12H12N4OS.C4H4O4/c1-8-6-10(17)14-15-12(8)9-2-3-11(18-9)16-5-4-13-7-16;5-3(6)1-2-4(7)8/h2-5,7-8H,6H2,1H3,(H,14,17);1-2H,(H,5,6)(H,7,8)/b;2-1+. The van der Waals surface area contributed by atoms with Crippen LogP contribution in [0.5, 0.6) is 0 Å². The number of thiophene rings is 1. The summed E-state index contributed by atoms with van der Waals surface area (Å²) >= 11 is 1.64. The van der Waals surface area contributed by atoms with E-state index in [1.54, 1.807) is 23.9 Å². The number of hydrogen-bond donors (Lipinski definition) is 3. The zero-order chi connectivity index (χ0) is 19.1. The number of amides is 1. The molecular weight excluding hydrogens is 360 g/mol. The Morgan fingerprint density at radius 2 is 2.00 bits per heavy atom. The monoisotopic (exact) mass is 376 g/mol. The van der Waals surface area contributed by atoms with Crippen LogP contribution in [-0.4, -0.2) is 43.3 Å². The van der Waals surface area contributed by atoms with E-state index in [4.69, 9.17) is 10.2 Å². The first-order valence-electron chi connectivity index (χ1n) is 7.45. The molecule has 1 aliphatic heterocycles. The van der Waals surface area contributed by atoms with Gasteiger partial charge in [0, 0.05) is 36.9 Å². The third-order valence-corrected chi connectivity index (χ3v) is 4.35. The van der Waals surface area contributed by atoms with Crippen molar-refractivity contribution in [2.45, 2.75) is 13.3 Å². The summed E-state index contributed by atoms with van der Waals surface area (Å²) in [6, 6.07) is 4.07. The lowest BCUT2D eigenvalue weighted by molar-refractivity contribution is -0.134. The van der Waals surface area contributed by atoms with Gasteiger partial charge in [-0.15, -0.1) is 11.3 Å². The lowest BCUT2D eigenvalue weighted by Gasteiger charge is -2.17. The van der Waals surface area contributed by atoms with Gasteiger partial charge >= 0.3 is 11.9 Å². The molecule has 1 amide bonds. The quantitative estimate of drug-likeness (QED) is 0.693. The molecule has 3 rings (SSSR count). The largest absolute Gasteiger partial charge is 0.478 e. The molecule has 136 valence electrons. The highest BCUT2D eigenvalue weighted by Gasteiger charge is 2.22. The van der Waals surface area contributed by atoms with E-state index < -0.39 is 11.9 Å². The number of carbonyl (C=O) groups excluding carboxylic acids is 1. The third kappa shape index (κ3) is 5.38. The van der Waals surface area contributed by atoms with Crippen molar-refractivity contribution < 1.29 is 24.6 Å². The lowest BCUT2D eigenvalue weighted by atomic mass is 9.99. The fraction of sp³-hybridized carbons (Fsp3) is 0.188. The van der Waals surface area contributed by atoms with Crippen LogP contribution in [0.4, 0.5) is 0 Å². The highest BCUT2D eigenvalue weighted by molar-refractivity contribution is 7.16. The predicted octanol–water partition coefficient (Wildman–Crippen LogP) is 1.51. The van der Waals surface area contributed by atoms with Crippen LogP contribution in [0, 0.1) is 5.92 Å². The summed E-state index contributed by atoms with van der Waals surface area (Å²) in [7, 11) is 0. The van der Waals surface area contributed by atoms with Crippen LogP contribution < -0.4 is 5.43 Å². The van der Waals surface area contributed by atoms with E-state index in [1.165, 1.54) is 0 Å². The van der Waals surface area contributed by atoms with Gasteiger partial charge in [-0.05, 0) is 12.1 Å². The maximum absolute atomic E-state index is 11.2. The molecule has 0 aliphatic carbocycles. The topological polar surface area (TPSA) is 134 Å².